The lowest BCUT2D eigenvalue weighted by Crippen LogP contribution is -2.34. The second-order valence-corrected chi connectivity index (χ2v) is 4.78. The van der Waals surface area contributed by atoms with Crippen LogP contribution in [-0.4, -0.2) is 28.0 Å². The van der Waals surface area contributed by atoms with Crippen LogP contribution in [0.25, 0.3) is 0 Å². The van der Waals surface area contributed by atoms with Gasteiger partial charge in [-0.2, -0.15) is 4.98 Å². The molecule has 1 fully saturated rings. The lowest BCUT2D eigenvalue weighted by molar-refractivity contribution is -0.384. The van der Waals surface area contributed by atoms with Crippen LogP contribution in [0.2, 0.25) is 5.28 Å². The largest absolute Gasteiger partial charge is 0.351 e. The maximum absolute atomic E-state index is 11.0. The molecule has 2 heterocycles. The number of aromatic nitrogens is 2. The summed E-state index contributed by atoms with van der Waals surface area (Å²) in [5, 5.41) is 11.0. The third-order valence-electron chi connectivity index (χ3n) is 3.41. The van der Waals surface area contributed by atoms with E-state index in [4.69, 9.17) is 11.6 Å². The van der Waals surface area contributed by atoms with Crippen LogP contribution in [0.1, 0.15) is 26.2 Å². The van der Waals surface area contributed by atoms with E-state index in [2.05, 4.69) is 16.9 Å². The third-order valence-corrected chi connectivity index (χ3v) is 3.59. The zero-order valence-electron chi connectivity index (χ0n) is 10.2. The minimum Gasteiger partial charge on any atom is -0.351 e. The molecule has 2 rings (SSSR count). The van der Waals surface area contributed by atoms with Crippen molar-refractivity contribution in [2.75, 3.05) is 18.0 Å². The second-order valence-electron chi connectivity index (χ2n) is 4.44. The Balaban J connectivity index is 2.22. The number of rotatable bonds is 3. The van der Waals surface area contributed by atoms with Gasteiger partial charge in [0.2, 0.25) is 11.1 Å². The first-order valence-electron chi connectivity index (χ1n) is 6.03. The maximum Gasteiger partial charge on any atom is 0.329 e. The molecule has 98 valence electrons. The van der Waals surface area contributed by atoms with Crippen molar-refractivity contribution in [3.63, 3.8) is 0 Å². The summed E-state index contributed by atoms with van der Waals surface area (Å²) < 4.78 is 0. The fourth-order valence-corrected chi connectivity index (χ4v) is 2.39. The molecule has 0 aliphatic carbocycles. The second kappa shape index (κ2) is 5.48. The molecule has 0 bridgehead atoms. The van der Waals surface area contributed by atoms with Crippen LogP contribution in [0.3, 0.4) is 0 Å². The molecule has 0 spiro atoms. The van der Waals surface area contributed by atoms with E-state index in [1.165, 1.54) is 6.20 Å². The molecule has 0 atom stereocenters. The first kappa shape index (κ1) is 13.0. The van der Waals surface area contributed by atoms with E-state index >= 15 is 0 Å². The molecule has 1 aliphatic rings. The highest BCUT2D eigenvalue weighted by molar-refractivity contribution is 6.28. The van der Waals surface area contributed by atoms with Crippen LogP contribution in [0, 0.1) is 16.0 Å². The van der Waals surface area contributed by atoms with Crippen molar-refractivity contribution >= 4 is 23.1 Å². The van der Waals surface area contributed by atoms with Crippen molar-refractivity contribution in [3.05, 3.63) is 21.6 Å². The van der Waals surface area contributed by atoms with Gasteiger partial charge in [-0.15, -0.1) is 0 Å². The van der Waals surface area contributed by atoms with Crippen LogP contribution >= 0.6 is 11.6 Å². The lowest BCUT2D eigenvalue weighted by atomic mass is 9.94. The van der Waals surface area contributed by atoms with Crippen molar-refractivity contribution in [1.29, 1.82) is 0 Å². The number of hydrogen-bond donors (Lipinski definition) is 0. The topological polar surface area (TPSA) is 72.2 Å². The van der Waals surface area contributed by atoms with E-state index in [-0.39, 0.29) is 11.0 Å². The first-order chi connectivity index (χ1) is 8.61. The van der Waals surface area contributed by atoms with E-state index in [0.717, 1.165) is 32.4 Å². The fraction of sp³-hybridized carbons (Fsp3) is 0.636. The smallest absolute Gasteiger partial charge is 0.329 e. The van der Waals surface area contributed by atoms with Crippen molar-refractivity contribution in [2.24, 2.45) is 5.92 Å². The Labute approximate surface area is 110 Å². The highest BCUT2D eigenvalue weighted by Gasteiger charge is 2.26. The van der Waals surface area contributed by atoms with Crippen molar-refractivity contribution in [3.8, 4) is 0 Å². The van der Waals surface area contributed by atoms with Crippen LogP contribution in [0.4, 0.5) is 11.5 Å². The van der Waals surface area contributed by atoms with Gasteiger partial charge >= 0.3 is 5.69 Å². The summed E-state index contributed by atoms with van der Waals surface area (Å²) >= 11 is 5.73. The third kappa shape index (κ3) is 2.69. The number of nitro groups is 1. The minimum atomic E-state index is -0.461. The normalized spacial score (nSPS) is 16.9. The Bertz CT molecular complexity index is 447. The van der Waals surface area contributed by atoms with E-state index in [1.54, 1.807) is 0 Å². The van der Waals surface area contributed by atoms with Gasteiger partial charge in [-0.25, -0.2) is 4.98 Å². The van der Waals surface area contributed by atoms with Crippen molar-refractivity contribution in [2.45, 2.75) is 26.2 Å². The molecule has 18 heavy (non-hydrogen) atoms. The molecular formula is C11H15ClN4O2. The minimum absolute atomic E-state index is 0.0493. The first-order valence-corrected chi connectivity index (χ1v) is 6.41. The van der Waals surface area contributed by atoms with Gasteiger partial charge in [0.15, 0.2) is 0 Å². The van der Waals surface area contributed by atoms with Crippen molar-refractivity contribution in [1.82, 2.24) is 9.97 Å². The summed E-state index contributed by atoms with van der Waals surface area (Å²) in [5.74, 6) is 1.05. The van der Waals surface area contributed by atoms with Gasteiger partial charge in [-0.05, 0) is 30.4 Å². The number of piperidine rings is 1. The molecule has 0 N–H and O–H groups in total. The lowest BCUT2D eigenvalue weighted by Gasteiger charge is -2.31. The Morgan fingerprint density at radius 1 is 1.56 bits per heavy atom. The molecule has 6 nitrogen and oxygen atoms in total. The van der Waals surface area contributed by atoms with Gasteiger partial charge in [0, 0.05) is 13.1 Å². The molecule has 7 heteroatoms. The molecule has 1 saturated heterocycles. The molecule has 0 unspecified atom stereocenters. The monoisotopic (exact) mass is 270 g/mol. The quantitative estimate of drug-likeness (QED) is 0.480. The van der Waals surface area contributed by atoms with Gasteiger partial charge in [-0.1, -0.05) is 13.3 Å². The Kier molecular flexibility index (Phi) is 3.96. The molecule has 0 saturated carbocycles. The van der Waals surface area contributed by atoms with Crippen LogP contribution in [0.5, 0.6) is 0 Å². The summed E-state index contributed by atoms with van der Waals surface area (Å²) in [4.78, 5) is 20.1. The van der Waals surface area contributed by atoms with E-state index in [9.17, 15) is 10.1 Å². The SMILES string of the molecule is CCC1CCN(c2nc(Cl)ncc2[N+](=O)[O-])CC1. The number of nitrogens with zero attached hydrogens (tertiary/aromatic N) is 4. The van der Waals surface area contributed by atoms with Gasteiger partial charge in [0.1, 0.15) is 6.20 Å². The number of anilines is 1. The molecule has 0 aromatic carbocycles. The zero-order valence-corrected chi connectivity index (χ0v) is 10.9. The van der Waals surface area contributed by atoms with E-state index < -0.39 is 4.92 Å². The number of hydrogen-bond acceptors (Lipinski definition) is 5. The Morgan fingerprint density at radius 2 is 2.22 bits per heavy atom. The summed E-state index contributed by atoms with van der Waals surface area (Å²) in [7, 11) is 0. The average Bonchev–Trinajstić information content (AvgIpc) is 2.38. The maximum atomic E-state index is 11.0. The van der Waals surface area contributed by atoms with Gasteiger partial charge in [-0.3, -0.25) is 10.1 Å². The summed E-state index contributed by atoms with van der Waals surface area (Å²) in [6.45, 7) is 3.74. The van der Waals surface area contributed by atoms with Crippen LogP contribution in [0.15, 0.2) is 6.20 Å². The molecule has 0 amide bonds. The predicted molar refractivity (Wildman–Crippen MR) is 68.9 cm³/mol. The summed E-state index contributed by atoms with van der Waals surface area (Å²) in [6, 6.07) is 0. The van der Waals surface area contributed by atoms with Crippen LogP contribution < -0.4 is 4.90 Å². The highest BCUT2D eigenvalue weighted by atomic mass is 35.5. The Morgan fingerprint density at radius 3 is 2.78 bits per heavy atom. The fourth-order valence-electron chi connectivity index (χ4n) is 2.26. The molecular weight excluding hydrogens is 256 g/mol. The van der Waals surface area contributed by atoms with Crippen molar-refractivity contribution < 1.29 is 4.92 Å². The van der Waals surface area contributed by atoms with E-state index in [1.807, 2.05) is 4.90 Å². The highest BCUT2D eigenvalue weighted by Crippen LogP contribution is 2.30. The van der Waals surface area contributed by atoms with Crippen LogP contribution in [-0.2, 0) is 0 Å². The molecule has 1 aromatic rings. The standard InChI is InChI=1S/C11H15ClN4O2/c1-2-8-3-5-15(6-4-8)10-9(16(17)18)7-13-11(12)14-10/h7-8H,2-6H2,1H3. The summed E-state index contributed by atoms with van der Waals surface area (Å²) in [6.07, 6.45) is 4.40. The Hall–Kier alpha value is -1.43. The molecule has 1 aromatic heterocycles. The predicted octanol–water partition coefficient (Wildman–Crippen LogP) is 2.66. The van der Waals surface area contributed by atoms with E-state index in [0.29, 0.717) is 11.7 Å². The van der Waals surface area contributed by atoms with Gasteiger partial charge in [0.25, 0.3) is 0 Å². The summed E-state index contributed by atoms with van der Waals surface area (Å²) in [5.41, 5.74) is -0.0747. The van der Waals surface area contributed by atoms with Gasteiger partial charge < -0.3 is 4.90 Å². The zero-order chi connectivity index (χ0) is 13.1. The van der Waals surface area contributed by atoms with Gasteiger partial charge in [0.05, 0.1) is 4.92 Å². The molecule has 1 aliphatic heterocycles. The number of halogens is 1. The molecule has 0 radical (unpaired) electrons. The average molecular weight is 271 g/mol.